The molecule has 0 aliphatic carbocycles. The van der Waals surface area contributed by atoms with E-state index in [1.165, 1.54) is 0 Å². The van der Waals surface area contributed by atoms with Crippen molar-refractivity contribution in [2.45, 2.75) is 38.0 Å². The molecule has 21 heavy (non-hydrogen) atoms. The lowest BCUT2D eigenvalue weighted by molar-refractivity contribution is -0.155. The average Bonchev–Trinajstić information content (AvgIpc) is 2.61. The Bertz CT molecular complexity index is 652. The van der Waals surface area contributed by atoms with Crippen LogP contribution in [-0.4, -0.2) is 45.1 Å². The minimum atomic E-state index is -2.26. The molecule has 2 heterocycles. The maximum Gasteiger partial charge on any atom is 0.330 e. The summed E-state index contributed by atoms with van der Waals surface area (Å²) < 4.78 is 25.9. The van der Waals surface area contributed by atoms with Gasteiger partial charge in [-0.15, -0.1) is 0 Å². The summed E-state index contributed by atoms with van der Waals surface area (Å²) in [6, 6.07) is 1.04. The van der Waals surface area contributed by atoms with E-state index in [1.807, 2.05) is 4.98 Å². The Balaban J connectivity index is 2.43. The second-order valence-electron chi connectivity index (χ2n) is 4.91. The van der Waals surface area contributed by atoms with Crippen LogP contribution in [0.2, 0.25) is 0 Å². The summed E-state index contributed by atoms with van der Waals surface area (Å²) >= 11 is 0. The number of alkyl halides is 1. The molecule has 0 radical (unpaired) electrons. The summed E-state index contributed by atoms with van der Waals surface area (Å²) in [5.74, 6) is -0.736. The number of aliphatic hydroxyl groups excluding tert-OH is 1. The molecule has 0 amide bonds. The number of carbonyl (C=O) groups excluding carboxylic acids is 1. The lowest BCUT2D eigenvalue weighted by atomic mass is 9.98. The van der Waals surface area contributed by atoms with Gasteiger partial charge in [-0.3, -0.25) is 19.1 Å². The Hall–Kier alpha value is -2.00. The molecule has 0 spiro atoms. The van der Waals surface area contributed by atoms with Gasteiger partial charge >= 0.3 is 11.7 Å². The largest absolute Gasteiger partial charge is 0.456 e. The van der Waals surface area contributed by atoms with Crippen LogP contribution in [-0.2, 0) is 14.3 Å². The Kier molecular flexibility index (Phi) is 3.97. The summed E-state index contributed by atoms with van der Waals surface area (Å²) in [7, 11) is 0. The van der Waals surface area contributed by atoms with Gasteiger partial charge in [0.25, 0.3) is 5.56 Å². The fourth-order valence-electron chi connectivity index (χ4n) is 2.33. The van der Waals surface area contributed by atoms with E-state index >= 15 is 0 Å². The summed E-state index contributed by atoms with van der Waals surface area (Å²) in [5, 5.41) is 9.23. The molecule has 1 aromatic rings. The average molecular weight is 302 g/mol. The number of hydrogen-bond donors (Lipinski definition) is 2. The molecule has 2 N–H and O–H groups in total. The van der Waals surface area contributed by atoms with Crippen LogP contribution in [0.4, 0.5) is 4.39 Å². The number of halogens is 1. The Morgan fingerprint density at radius 2 is 2.29 bits per heavy atom. The van der Waals surface area contributed by atoms with Gasteiger partial charge in [-0.05, 0) is 6.92 Å². The van der Waals surface area contributed by atoms with Crippen molar-refractivity contribution in [1.29, 1.82) is 0 Å². The highest BCUT2D eigenvalue weighted by molar-refractivity contribution is 5.66. The highest BCUT2D eigenvalue weighted by Crippen LogP contribution is 2.42. The highest BCUT2D eigenvalue weighted by Gasteiger charge is 2.57. The molecule has 4 atom stereocenters. The molecular weight excluding hydrogens is 287 g/mol. The number of hydrogen-bond acceptors (Lipinski definition) is 6. The molecule has 1 aliphatic heterocycles. The van der Waals surface area contributed by atoms with Crippen LogP contribution in [0, 0.1) is 0 Å². The molecule has 116 valence electrons. The topological polar surface area (TPSA) is 111 Å². The predicted molar refractivity (Wildman–Crippen MR) is 67.4 cm³/mol. The Morgan fingerprint density at radius 1 is 1.62 bits per heavy atom. The van der Waals surface area contributed by atoms with Crippen molar-refractivity contribution in [3.05, 3.63) is 33.1 Å². The number of H-pyrrole nitrogens is 1. The summed E-state index contributed by atoms with van der Waals surface area (Å²) in [6.07, 6.45) is -2.85. The van der Waals surface area contributed by atoms with Gasteiger partial charge in [0.15, 0.2) is 18.0 Å². The van der Waals surface area contributed by atoms with Crippen molar-refractivity contribution in [1.82, 2.24) is 9.55 Å². The fourth-order valence-corrected chi connectivity index (χ4v) is 2.33. The molecule has 1 aromatic heterocycles. The molecule has 2 rings (SSSR count). The normalized spacial score (nSPS) is 32.1. The zero-order valence-electron chi connectivity index (χ0n) is 11.4. The first-order valence-electron chi connectivity index (χ1n) is 6.21. The van der Waals surface area contributed by atoms with E-state index in [9.17, 15) is 23.9 Å². The second kappa shape index (κ2) is 5.41. The monoisotopic (exact) mass is 302 g/mol. The Labute approximate surface area is 118 Å². The van der Waals surface area contributed by atoms with Crippen molar-refractivity contribution in [3.63, 3.8) is 0 Å². The first kappa shape index (κ1) is 15.4. The zero-order valence-corrected chi connectivity index (χ0v) is 11.4. The van der Waals surface area contributed by atoms with Crippen LogP contribution >= 0.6 is 0 Å². The molecule has 1 saturated heterocycles. The number of aliphatic hydroxyl groups is 1. The fraction of sp³-hybridized carbons (Fsp3) is 0.583. The van der Waals surface area contributed by atoms with Crippen LogP contribution in [0.5, 0.6) is 0 Å². The van der Waals surface area contributed by atoms with E-state index in [4.69, 9.17) is 9.47 Å². The van der Waals surface area contributed by atoms with E-state index in [2.05, 4.69) is 0 Å². The van der Waals surface area contributed by atoms with Crippen molar-refractivity contribution in [3.8, 4) is 0 Å². The summed E-state index contributed by atoms with van der Waals surface area (Å²) in [5.41, 5.74) is -3.76. The standard InChI is InChI=1S/C12H15FN2O6/c1-6(17)20-9-7(5-16)21-10(12(9,2)13)15-4-3-8(18)14-11(15)19/h3-4,7,9-10,16H,5H2,1-2H3,(H,14,18,19)/t7-,9+,10-,12?/m1/s1. The number of nitrogens with one attached hydrogen (secondary N) is 1. The van der Waals surface area contributed by atoms with Crippen molar-refractivity contribution < 1.29 is 23.8 Å². The number of carbonyl (C=O) groups is 1. The number of aromatic amines is 1. The SMILES string of the molecule is CC(=O)O[C@H]1[C@@H](CO)O[C@@H](n2ccc(=O)[nH]c2=O)C1(C)F. The second-order valence-corrected chi connectivity index (χ2v) is 4.91. The minimum Gasteiger partial charge on any atom is -0.456 e. The van der Waals surface area contributed by atoms with Crippen LogP contribution in [0.1, 0.15) is 20.1 Å². The van der Waals surface area contributed by atoms with Gasteiger partial charge in [0, 0.05) is 19.2 Å². The van der Waals surface area contributed by atoms with E-state index in [0.717, 1.165) is 30.7 Å². The molecule has 9 heteroatoms. The number of nitrogens with zero attached hydrogens (tertiary/aromatic N) is 1. The number of aromatic nitrogens is 2. The van der Waals surface area contributed by atoms with E-state index in [1.54, 1.807) is 0 Å². The smallest absolute Gasteiger partial charge is 0.330 e. The van der Waals surface area contributed by atoms with E-state index in [0.29, 0.717) is 0 Å². The maximum absolute atomic E-state index is 14.9. The third-order valence-corrected chi connectivity index (χ3v) is 3.26. The van der Waals surface area contributed by atoms with E-state index in [-0.39, 0.29) is 0 Å². The molecule has 1 aliphatic rings. The molecule has 0 bridgehead atoms. The van der Waals surface area contributed by atoms with E-state index < -0.39 is 47.9 Å². The van der Waals surface area contributed by atoms with Crippen LogP contribution in [0.25, 0.3) is 0 Å². The lowest BCUT2D eigenvalue weighted by Gasteiger charge is -2.27. The van der Waals surface area contributed by atoms with Gasteiger partial charge in [-0.2, -0.15) is 0 Å². The summed E-state index contributed by atoms with van der Waals surface area (Å²) in [6.45, 7) is 1.61. The summed E-state index contributed by atoms with van der Waals surface area (Å²) in [4.78, 5) is 35.8. The van der Waals surface area contributed by atoms with Gasteiger partial charge < -0.3 is 14.6 Å². The first-order valence-corrected chi connectivity index (χ1v) is 6.21. The number of esters is 1. The van der Waals surface area contributed by atoms with Crippen molar-refractivity contribution in [2.75, 3.05) is 6.61 Å². The van der Waals surface area contributed by atoms with Gasteiger partial charge in [0.2, 0.25) is 0 Å². The van der Waals surface area contributed by atoms with Crippen molar-refractivity contribution >= 4 is 5.97 Å². The first-order chi connectivity index (χ1) is 9.77. The van der Waals surface area contributed by atoms with Gasteiger partial charge in [-0.1, -0.05) is 0 Å². The third-order valence-electron chi connectivity index (χ3n) is 3.26. The van der Waals surface area contributed by atoms with Crippen molar-refractivity contribution in [2.24, 2.45) is 0 Å². The Morgan fingerprint density at radius 3 is 2.81 bits per heavy atom. The van der Waals surface area contributed by atoms with Crippen LogP contribution < -0.4 is 11.2 Å². The minimum absolute atomic E-state index is 0.591. The number of rotatable bonds is 3. The van der Waals surface area contributed by atoms with Gasteiger partial charge in [0.05, 0.1) is 6.61 Å². The molecular formula is C12H15FN2O6. The quantitative estimate of drug-likeness (QED) is 0.699. The molecule has 1 unspecified atom stereocenters. The third kappa shape index (κ3) is 2.74. The molecule has 1 fully saturated rings. The molecule has 0 aromatic carbocycles. The van der Waals surface area contributed by atoms with Gasteiger partial charge in [-0.25, -0.2) is 9.18 Å². The van der Waals surface area contributed by atoms with Gasteiger partial charge in [0.1, 0.15) is 6.10 Å². The molecule has 0 saturated carbocycles. The highest BCUT2D eigenvalue weighted by atomic mass is 19.1. The predicted octanol–water partition coefficient (Wildman–Crippen LogP) is -0.914. The maximum atomic E-state index is 14.9. The molecule has 8 nitrogen and oxygen atoms in total. The van der Waals surface area contributed by atoms with Crippen LogP contribution in [0.15, 0.2) is 21.9 Å². The lowest BCUT2D eigenvalue weighted by Crippen LogP contribution is -2.45. The van der Waals surface area contributed by atoms with Crippen LogP contribution in [0.3, 0.4) is 0 Å². The number of ether oxygens (including phenoxy) is 2. The zero-order chi connectivity index (χ0) is 15.8.